The number of piperazine rings is 1. The van der Waals surface area contributed by atoms with Gasteiger partial charge in [0.1, 0.15) is 5.82 Å². The summed E-state index contributed by atoms with van der Waals surface area (Å²) in [6, 6.07) is 5.72. The van der Waals surface area contributed by atoms with Gasteiger partial charge in [-0.2, -0.15) is 0 Å². The highest BCUT2D eigenvalue weighted by Crippen LogP contribution is 2.41. The zero-order valence-electron chi connectivity index (χ0n) is 13.5. The molecular weight excluding hydrogens is 263 g/mol. The Hall–Kier alpha value is -0.930. The maximum absolute atomic E-state index is 13.5. The van der Waals surface area contributed by atoms with E-state index in [0.29, 0.717) is 6.04 Å². The topological polar surface area (TPSA) is 15.3 Å². The van der Waals surface area contributed by atoms with E-state index in [2.05, 4.69) is 31.0 Å². The molecule has 1 heterocycles. The molecule has 0 amide bonds. The van der Waals surface area contributed by atoms with Crippen LogP contribution in [-0.4, -0.2) is 29.6 Å². The number of rotatable bonds is 4. The molecule has 1 N–H and O–H groups in total. The summed E-state index contributed by atoms with van der Waals surface area (Å²) in [5.41, 5.74) is 2.57. The number of nitrogens with zero attached hydrogens (tertiary/aromatic N) is 1. The first kappa shape index (κ1) is 15.0. The first-order valence-corrected chi connectivity index (χ1v) is 8.26. The molecule has 3 heteroatoms. The van der Waals surface area contributed by atoms with E-state index in [9.17, 15) is 4.39 Å². The fraction of sp³-hybridized carbons (Fsp3) is 0.667. The van der Waals surface area contributed by atoms with Gasteiger partial charge in [0.05, 0.1) is 0 Å². The summed E-state index contributed by atoms with van der Waals surface area (Å²) in [6.07, 6.45) is 3.85. The predicted octanol–water partition coefficient (Wildman–Crippen LogP) is 3.49. The Kier molecular flexibility index (Phi) is 4.06. The molecule has 1 aromatic rings. The number of halogens is 1. The highest BCUT2D eigenvalue weighted by atomic mass is 19.1. The van der Waals surface area contributed by atoms with E-state index in [-0.39, 0.29) is 11.4 Å². The Balaban J connectivity index is 1.78. The van der Waals surface area contributed by atoms with Gasteiger partial charge in [-0.05, 0) is 62.3 Å². The van der Waals surface area contributed by atoms with Crippen LogP contribution in [0.3, 0.4) is 0 Å². The second kappa shape index (κ2) is 5.69. The summed E-state index contributed by atoms with van der Waals surface area (Å²) in [5.74, 6) is 0.704. The van der Waals surface area contributed by atoms with E-state index in [0.717, 1.165) is 37.5 Å². The van der Waals surface area contributed by atoms with Crippen LogP contribution in [0.25, 0.3) is 0 Å². The molecule has 0 radical (unpaired) electrons. The first-order chi connectivity index (χ1) is 10.0. The van der Waals surface area contributed by atoms with Crippen molar-refractivity contribution in [1.29, 1.82) is 0 Å². The zero-order chi connectivity index (χ0) is 15.0. The molecule has 0 bridgehead atoms. The fourth-order valence-corrected chi connectivity index (χ4v) is 3.70. The molecule has 116 valence electrons. The number of hydrogen-bond donors (Lipinski definition) is 1. The number of aryl methyl sites for hydroxylation is 1. The van der Waals surface area contributed by atoms with Gasteiger partial charge in [-0.15, -0.1) is 0 Å². The van der Waals surface area contributed by atoms with Crippen molar-refractivity contribution in [3.8, 4) is 0 Å². The summed E-state index contributed by atoms with van der Waals surface area (Å²) in [6.45, 7) is 9.69. The van der Waals surface area contributed by atoms with Crippen LogP contribution >= 0.6 is 0 Å². The van der Waals surface area contributed by atoms with Crippen LogP contribution in [0, 0.1) is 18.7 Å². The summed E-state index contributed by atoms with van der Waals surface area (Å²) in [7, 11) is 0. The monoisotopic (exact) mass is 290 g/mol. The zero-order valence-corrected chi connectivity index (χ0v) is 13.5. The average molecular weight is 290 g/mol. The Morgan fingerprint density at radius 3 is 2.81 bits per heavy atom. The molecule has 1 aliphatic carbocycles. The van der Waals surface area contributed by atoms with Gasteiger partial charge in [0.15, 0.2) is 0 Å². The third-order valence-electron chi connectivity index (χ3n) is 5.42. The van der Waals surface area contributed by atoms with Crippen molar-refractivity contribution >= 4 is 0 Å². The molecule has 1 aromatic carbocycles. The quantitative estimate of drug-likeness (QED) is 0.913. The molecule has 1 aliphatic heterocycles. The van der Waals surface area contributed by atoms with Crippen LogP contribution in [0.4, 0.5) is 4.39 Å². The van der Waals surface area contributed by atoms with E-state index in [1.165, 1.54) is 18.4 Å². The summed E-state index contributed by atoms with van der Waals surface area (Å²) >= 11 is 0. The fourth-order valence-electron chi connectivity index (χ4n) is 3.70. The Morgan fingerprint density at radius 2 is 2.14 bits per heavy atom. The van der Waals surface area contributed by atoms with Gasteiger partial charge < -0.3 is 5.32 Å². The molecule has 21 heavy (non-hydrogen) atoms. The molecule has 2 aliphatic rings. The first-order valence-electron chi connectivity index (χ1n) is 8.26. The van der Waals surface area contributed by atoms with Crippen LogP contribution in [0.5, 0.6) is 0 Å². The summed E-state index contributed by atoms with van der Waals surface area (Å²) < 4.78 is 13.5. The maximum atomic E-state index is 13.5. The maximum Gasteiger partial charge on any atom is 0.123 e. The Morgan fingerprint density at radius 1 is 1.38 bits per heavy atom. The van der Waals surface area contributed by atoms with Crippen LogP contribution < -0.4 is 5.32 Å². The average Bonchev–Trinajstić information content (AvgIpc) is 3.28. The molecule has 0 spiro atoms. The smallest absolute Gasteiger partial charge is 0.123 e. The van der Waals surface area contributed by atoms with E-state index in [1.807, 2.05) is 6.07 Å². The SMILES string of the molecule is CCC1CNC(C)(C2CC2)CN1Cc1cc(F)ccc1C. The number of hydrogen-bond acceptors (Lipinski definition) is 2. The third kappa shape index (κ3) is 3.14. The Labute approximate surface area is 127 Å². The predicted molar refractivity (Wildman–Crippen MR) is 84.8 cm³/mol. The lowest BCUT2D eigenvalue weighted by atomic mass is 9.90. The summed E-state index contributed by atoms with van der Waals surface area (Å²) in [4.78, 5) is 2.57. The molecule has 3 rings (SSSR count). The molecule has 1 saturated heterocycles. The van der Waals surface area contributed by atoms with Crippen molar-refractivity contribution in [3.63, 3.8) is 0 Å². The van der Waals surface area contributed by atoms with E-state index in [1.54, 1.807) is 12.1 Å². The van der Waals surface area contributed by atoms with Crippen molar-refractivity contribution in [2.45, 2.75) is 58.2 Å². The lowest BCUT2D eigenvalue weighted by Gasteiger charge is -2.46. The van der Waals surface area contributed by atoms with Gasteiger partial charge >= 0.3 is 0 Å². The number of nitrogens with one attached hydrogen (secondary N) is 1. The van der Waals surface area contributed by atoms with Crippen LogP contribution in [0.2, 0.25) is 0 Å². The highest BCUT2D eigenvalue weighted by molar-refractivity contribution is 5.26. The standard InChI is InChI=1S/C18H27FN2/c1-4-17-10-20-18(3,15-6-7-15)12-21(17)11-14-9-16(19)8-5-13(14)2/h5,8-9,15,17,20H,4,6-7,10-12H2,1-3H3. The van der Waals surface area contributed by atoms with Gasteiger partial charge in [0, 0.05) is 31.2 Å². The minimum atomic E-state index is -0.122. The third-order valence-corrected chi connectivity index (χ3v) is 5.42. The largest absolute Gasteiger partial charge is 0.308 e. The summed E-state index contributed by atoms with van der Waals surface area (Å²) in [5, 5.41) is 3.78. The minimum Gasteiger partial charge on any atom is -0.308 e. The lowest BCUT2D eigenvalue weighted by molar-refractivity contribution is 0.0664. The van der Waals surface area contributed by atoms with E-state index >= 15 is 0 Å². The van der Waals surface area contributed by atoms with Crippen LogP contribution in [0.15, 0.2) is 18.2 Å². The van der Waals surface area contributed by atoms with Gasteiger partial charge in [-0.1, -0.05) is 13.0 Å². The second-order valence-corrected chi connectivity index (χ2v) is 7.11. The Bertz CT molecular complexity index is 512. The van der Waals surface area contributed by atoms with Crippen molar-refractivity contribution in [2.24, 2.45) is 5.92 Å². The lowest BCUT2D eigenvalue weighted by Crippen LogP contribution is -2.63. The molecular formula is C18H27FN2. The van der Waals surface area contributed by atoms with Crippen LogP contribution in [-0.2, 0) is 6.54 Å². The van der Waals surface area contributed by atoms with Gasteiger partial charge in [-0.3, -0.25) is 4.90 Å². The second-order valence-electron chi connectivity index (χ2n) is 7.11. The van der Waals surface area contributed by atoms with Gasteiger partial charge in [-0.25, -0.2) is 4.39 Å². The van der Waals surface area contributed by atoms with E-state index in [4.69, 9.17) is 0 Å². The molecule has 2 atom stereocenters. The molecule has 2 fully saturated rings. The van der Waals surface area contributed by atoms with Crippen molar-refractivity contribution in [3.05, 3.63) is 35.1 Å². The van der Waals surface area contributed by atoms with Crippen LogP contribution in [0.1, 0.15) is 44.2 Å². The van der Waals surface area contributed by atoms with Crippen molar-refractivity contribution in [1.82, 2.24) is 10.2 Å². The van der Waals surface area contributed by atoms with Gasteiger partial charge in [0.2, 0.25) is 0 Å². The molecule has 0 aromatic heterocycles. The number of benzene rings is 1. The minimum absolute atomic E-state index is 0.122. The molecule has 2 nitrogen and oxygen atoms in total. The van der Waals surface area contributed by atoms with Crippen molar-refractivity contribution in [2.75, 3.05) is 13.1 Å². The highest BCUT2D eigenvalue weighted by Gasteiger charge is 2.45. The van der Waals surface area contributed by atoms with Gasteiger partial charge in [0.25, 0.3) is 0 Å². The van der Waals surface area contributed by atoms with E-state index < -0.39 is 0 Å². The van der Waals surface area contributed by atoms with Crippen molar-refractivity contribution < 1.29 is 4.39 Å². The molecule has 2 unspecified atom stereocenters. The normalized spacial score (nSPS) is 30.6. The molecule has 1 saturated carbocycles.